The lowest BCUT2D eigenvalue weighted by Gasteiger charge is -2.19. The van der Waals surface area contributed by atoms with Gasteiger partial charge in [0, 0.05) is 11.1 Å². The van der Waals surface area contributed by atoms with Crippen LogP contribution >= 0.6 is 0 Å². The van der Waals surface area contributed by atoms with E-state index in [0.717, 1.165) is 28.8 Å². The fraction of sp³-hybridized carbons (Fsp3) is 0.250. The van der Waals surface area contributed by atoms with E-state index in [1.54, 1.807) is 0 Å². The van der Waals surface area contributed by atoms with Crippen LogP contribution < -0.4 is 5.73 Å². The molecule has 0 fully saturated rings. The first kappa shape index (κ1) is 18.7. The van der Waals surface area contributed by atoms with Crippen LogP contribution in [0.4, 0.5) is 5.82 Å². The minimum Gasteiger partial charge on any atom is -0.383 e. The van der Waals surface area contributed by atoms with Crippen molar-refractivity contribution in [1.82, 2.24) is 4.98 Å². The van der Waals surface area contributed by atoms with Crippen LogP contribution in [0.1, 0.15) is 44.4 Å². The van der Waals surface area contributed by atoms with Crippen molar-refractivity contribution in [1.29, 1.82) is 5.26 Å². The molecule has 3 aromatic rings. The summed E-state index contributed by atoms with van der Waals surface area (Å²) in [5.74, 6) is 0.268. The Morgan fingerprint density at radius 1 is 0.963 bits per heavy atom. The quantitative estimate of drug-likeness (QED) is 0.652. The molecule has 0 aliphatic carbocycles. The van der Waals surface area contributed by atoms with E-state index in [4.69, 9.17) is 5.73 Å². The van der Waals surface area contributed by atoms with Gasteiger partial charge in [-0.2, -0.15) is 5.26 Å². The number of nitriles is 1. The van der Waals surface area contributed by atoms with Crippen LogP contribution in [0.25, 0.3) is 22.4 Å². The van der Waals surface area contributed by atoms with Crippen LogP contribution in [0.3, 0.4) is 0 Å². The number of rotatable bonds is 3. The average molecular weight is 355 g/mol. The van der Waals surface area contributed by atoms with Crippen LogP contribution in [0.5, 0.6) is 0 Å². The number of hydrogen-bond donors (Lipinski definition) is 1. The van der Waals surface area contributed by atoms with E-state index in [2.05, 4.69) is 87.3 Å². The molecule has 0 aliphatic rings. The van der Waals surface area contributed by atoms with E-state index in [-0.39, 0.29) is 11.2 Å². The van der Waals surface area contributed by atoms with Gasteiger partial charge in [-0.1, -0.05) is 76.2 Å². The van der Waals surface area contributed by atoms with Crippen molar-refractivity contribution < 1.29 is 0 Å². The monoisotopic (exact) mass is 355 g/mol. The van der Waals surface area contributed by atoms with E-state index in [1.165, 1.54) is 11.1 Å². The number of benzene rings is 2. The summed E-state index contributed by atoms with van der Waals surface area (Å²) in [6, 6.07) is 20.8. The zero-order valence-electron chi connectivity index (χ0n) is 16.4. The smallest absolute Gasteiger partial charge is 0.142 e. The summed E-state index contributed by atoms with van der Waals surface area (Å²) in [4.78, 5) is 4.47. The van der Waals surface area contributed by atoms with Gasteiger partial charge in [-0.3, -0.25) is 0 Å². The molecule has 1 heterocycles. The molecule has 3 rings (SSSR count). The van der Waals surface area contributed by atoms with E-state index in [0.29, 0.717) is 5.56 Å². The molecule has 0 bridgehead atoms. The van der Waals surface area contributed by atoms with Crippen LogP contribution in [0.15, 0.2) is 54.6 Å². The first-order valence-corrected chi connectivity index (χ1v) is 9.24. The zero-order chi connectivity index (χ0) is 19.6. The molecule has 136 valence electrons. The summed E-state index contributed by atoms with van der Waals surface area (Å²) < 4.78 is 0. The number of aromatic nitrogens is 1. The Labute approximate surface area is 161 Å². The molecule has 0 atom stereocenters. The molecule has 27 heavy (non-hydrogen) atoms. The van der Waals surface area contributed by atoms with Crippen molar-refractivity contribution in [3.8, 4) is 28.5 Å². The first-order chi connectivity index (χ1) is 12.8. The molecule has 0 spiro atoms. The van der Waals surface area contributed by atoms with Gasteiger partial charge < -0.3 is 5.73 Å². The number of hydrogen-bond acceptors (Lipinski definition) is 3. The Bertz CT molecular complexity index is 986. The third-order valence-corrected chi connectivity index (χ3v) is 4.88. The normalized spacial score (nSPS) is 11.2. The Hall–Kier alpha value is -3.12. The highest BCUT2D eigenvalue weighted by atomic mass is 14.8. The summed E-state index contributed by atoms with van der Waals surface area (Å²) in [6.45, 7) is 8.69. The molecule has 0 amide bonds. The summed E-state index contributed by atoms with van der Waals surface area (Å²) in [6.07, 6.45) is 0.995. The van der Waals surface area contributed by atoms with Crippen molar-refractivity contribution >= 4 is 5.82 Å². The molecule has 3 nitrogen and oxygen atoms in total. The number of anilines is 1. The second-order valence-corrected chi connectivity index (χ2v) is 7.80. The van der Waals surface area contributed by atoms with E-state index in [1.807, 2.05) is 6.07 Å². The SMILES string of the molecule is CCc1ccc(-c2cc(-c3ccc(C(C)(C)C)cc3)c(C#N)c(N)n2)cc1. The fourth-order valence-corrected chi connectivity index (χ4v) is 3.12. The van der Waals surface area contributed by atoms with Gasteiger partial charge >= 0.3 is 0 Å². The molecule has 2 aromatic carbocycles. The highest BCUT2D eigenvalue weighted by molar-refractivity contribution is 5.80. The maximum atomic E-state index is 9.60. The third-order valence-electron chi connectivity index (χ3n) is 4.88. The Balaban J connectivity index is 2.11. The van der Waals surface area contributed by atoms with Crippen molar-refractivity contribution in [2.75, 3.05) is 5.73 Å². The highest BCUT2D eigenvalue weighted by Crippen LogP contribution is 2.32. The van der Waals surface area contributed by atoms with Gasteiger partial charge in [-0.05, 0) is 34.6 Å². The number of aryl methyl sites for hydroxylation is 1. The third kappa shape index (κ3) is 3.85. The largest absolute Gasteiger partial charge is 0.383 e. The van der Waals surface area contributed by atoms with Crippen LogP contribution in [-0.4, -0.2) is 4.98 Å². The number of nitrogens with zero attached hydrogens (tertiary/aromatic N) is 2. The Kier molecular flexibility index (Phi) is 5.01. The fourth-order valence-electron chi connectivity index (χ4n) is 3.12. The molecule has 0 aliphatic heterocycles. The molecule has 0 unspecified atom stereocenters. The molecular formula is C24H25N3. The Morgan fingerprint density at radius 2 is 1.56 bits per heavy atom. The van der Waals surface area contributed by atoms with E-state index in [9.17, 15) is 5.26 Å². The standard InChI is InChI=1S/C24H25N3/c1-5-16-6-8-18(9-7-16)22-14-20(21(15-25)23(26)27-22)17-10-12-19(13-11-17)24(2,3)4/h6-14H,5H2,1-4H3,(H2,26,27). The molecule has 1 aromatic heterocycles. The summed E-state index contributed by atoms with van der Waals surface area (Å²) in [5.41, 5.74) is 12.7. The molecule has 0 saturated heterocycles. The molecular weight excluding hydrogens is 330 g/mol. The van der Waals surface area contributed by atoms with Crippen LogP contribution in [0, 0.1) is 11.3 Å². The lowest BCUT2D eigenvalue weighted by Crippen LogP contribution is -2.10. The molecule has 0 saturated carbocycles. The summed E-state index contributed by atoms with van der Waals surface area (Å²) in [7, 11) is 0. The summed E-state index contributed by atoms with van der Waals surface area (Å²) in [5, 5.41) is 9.60. The van der Waals surface area contributed by atoms with Crippen molar-refractivity contribution in [3.05, 3.63) is 71.3 Å². The predicted octanol–water partition coefficient (Wildman–Crippen LogP) is 5.73. The maximum absolute atomic E-state index is 9.60. The minimum absolute atomic E-state index is 0.0834. The minimum atomic E-state index is 0.0834. The topological polar surface area (TPSA) is 62.7 Å². The van der Waals surface area contributed by atoms with Crippen molar-refractivity contribution in [2.45, 2.75) is 39.5 Å². The summed E-state index contributed by atoms with van der Waals surface area (Å²) >= 11 is 0. The molecule has 3 heteroatoms. The van der Waals surface area contributed by atoms with Crippen LogP contribution in [-0.2, 0) is 11.8 Å². The van der Waals surface area contributed by atoms with Gasteiger partial charge in [0.05, 0.1) is 5.69 Å². The molecule has 2 N–H and O–H groups in total. The van der Waals surface area contributed by atoms with Crippen molar-refractivity contribution in [2.24, 2.45) is 0 Å². The van der Waals surface area contributed by atoms with Gasteiger partial charge in [0.2, 0.25) is 0 Å². The van der Waals surface area contributed by atoms with Gasteiger partial charge in [-0.25, -0.2) is 4.98 Å². The lowest BCUT2D eigenvalue weighted by atomic mass is 9.86. The van der Waals surface area contributed by atoms with Crippen molar-refractivity contribution in [3.63, 3.8) is 0 Å². The average Bonchev–Trinajstić information content (AvgIpc) is 2.67. The maximum Gasteiger partial charge on any atom is 0.142 e. The Morgan fingerprint density at radius 3 is 2.07 bits per heavy atom. The van der Waals surface area contributed by atoms with Gasteiger partial charge in [0.1, 0.15) is 17.5 Å². The second-order valence-electron chi connectivity index (χ2n) is 7.80. The van der Waals surface area contributed by atoms with Crippen LogP contribution in [0.2, 0.25) is 0 Å². The van der Waals surface area contributed by atoms with E-state index < -0.39 is 0 Å². The van der Waals surface area contributed by atoms with Gasteiger partial charge in [0.25, 0.3) is 0 Å². The van der Waals surface area contributed by atoms with E-state index >= 15 is 0 Å². The van der Waals surface area contributed by atoms with Gasteiger partial charge in [0.15, 0.2) is 0 Å². The number of pyridine rings is 1. The number of nitrogen functional groups attached to an aromatic ring is 1. The highest BCUT2D eigenvalue weighted by Gasteiger charge is 2.16. The zero-order valence-corrected chi connectivity index (χ0v) is 16.4. The lowest BCUT2D eigenvalue weighted by molar-refractivity contribution is 0.590. The molecule has 0 radical (unpaired) electrons. The second kappa shape index (κ2) is 7.25. The predicted molar refractivity (Wildman–Crippen MR) is 112 cm³/mol. The van der Waals surface area contributed by atoms with Gasteiger partial charge in [-0.15, -0.1) is 0 Å². The first-order valence-electron chi connectivity index (χ1n) is 9.24. The number of nitrogens with two attached hydrogens (primary N) is 1.